The number of unbranched alkanes of at least 4 members (excludes halogenated alkanes) is 3. The summed E-state index contributed by atoms with van der Waals surface area (Å²) in [4.78, 5) is 0. The summed E-state index contributed by atoms with van der Waals surface area (Å²) in [6, 6.07) is 10.4. The fraction of sp³-hybridized carbons (Fsp3) is 0.655. The molecule has 0 heterocycles. The highest BCUT2D eigenvalue weighted by molar-refractivity contribution is 5.42. The van der Waals surface area contributed by atoms with Crippen molar-refractivity contribution < 1.29 is 10.2 Å². The van der Waals surface area contributed by atoms with Gasteiger partial charge in [-0.2, -0.15) is 0 Å². The van der Waals surface area contributed by atoms with Crippen LogP contribution in [0.3, 0.4) is 0 Å². The van der Waals surface area contributed by atoms with Gasteiger partial charge in [0.2, 0.25) is 0 Å². The highest BCUT2D eigenvalue weighted by Gasteiger charge is 2.43. The number of para-hydroxylation sites is 1. The number of rotatable bonds is 14. The first-order valence-electron chi connectivity index (χ1n) is 13.1. The molecule has 3 nitrogen and oxygen atoms in total. The molecule has 2 aliphatic carbocycles. The van der Waals surface area contributed by atoms with Gasteiger partial charge in [0, 0.05) is 18.2 Å². The Balaban J connectivity index is 1.35. The molecule has 3 rings (SSSR count). The second-order valence-corrected chi connectivity index (χ2v) is 10.3. The van der Waals surface area contributed by atoms with E-state index in [9.17, 15) is 10.2 Å². The third-order valence-corrected chi connectivity index (χ3v) is 7.48. The topological polar surface area (TPSA) is 52.5 Å². The summed E-state index contributed by atoms with van der Waals surface area (Å²) < 4.78 is 0. The van der Waals surface area contributed by atoms with Gasteiger partial charge in [-0.1, -0.05) is 81.5 Å². The molecule has 1 aromatic rings. The predicted octanol–water partition coefficient (Wildman–Crippen LogP) is 6.74. The van der Waals surface area contributed by atoms with E-state index >= 15 is 0 Å². The van der Waals surface area contributed by atoms with Gasteiger partial charge in [-0.15, -0.1) is 0 Å². The first-order chi connectivity index (χ1) is 15.6. The normalized spacial score (nSPS) is 26.8. The van der Waals surface area contributed by atoms with E-state index in [1.54, 1.807) is 5.57 Å². The van der Waals surface area contributed by atoms with Crippen molar-refractivity contribution in [3.63, 3.8) is 0 Å². The summed E-state index contributed by atoms with van der Waals surface area (Å²) in [6.45, 7) is 5.49. The van der Waals surface area contributed by atoms with Crippen molar-refractivity contribution in [2.75, 3.05) is 11.9 Å². The summed E-state index contributed by atoms with van der Waals surface area (Å²) in [6.07, 6.45) is 17.3. The average molecular weight is 440 g/mol. The lowest BCUT2D eigenvalue weighted by atomic mass is 9.88. The SMILES string of the molecule is CCCC[C@H](C)C[C@H](O)C=C[C@@H]1[C@H]2CC(CCCCCNc3ccccc3)=C[C@H]2C[C@H]1O. The quantitative estimate of drug-likeness (QED) is 0.222. The van der Waals surface area contributed by atoms with Crippen LogP contribution in [0.2, 0.25) is 0 Å². The maximum Gasteiger partial charge on any atom is 0.0723 e. The van der Waals surface area contributed by atoms with E-state index in [4.69, 9.17) is 0 Å². The summed E-state index contributed by atoms with van der Waals surface area (Å²) >= 11 is 0. The zero-order chi connectivity index (χ0) is 22.8. The molecule has 0 aliphatic heterocycles. The molecule has 0 aromatic heterocycles. The molecular weight excluding hydrogens is 394 g/mol. The Morgan fingerprint density at radius 3 is 2.72 bits per heavy atom. The minimum atomic E-state index is -0.383. The van der Waals surface area contributed by atoms with Crippen LogP contribution in [0.5, 0.6) is 0 Å². The molecule has 3 N–H and O–H groups in total. The lowest BCUT2D eigenvalue weighted by Crippen LogP contribution is -2.18. The number of nitrogens with one attached hydrogen (secondary N) is 1. The number of aliphatic hydroxyl groups is 2. The Labute approximate surface area is 196 Å². The molecule has 0 spiro atoms. The second-order valence-electron chi connectivity index (χ2n) is 10.3. The van der Waals surface area contributed by atoms with Gasteiger partial charge in [-0.25, -0.2) is 0 Å². The van der Waals surface area contributed by atoms with Crippen molar-refractivity contribution in [2.45, 2.75) is 90.3 Å². The standard InChI is InChI=1S/C29H45NO2/c1-3-4-11-22(2)18-26(31)15-16-27-28-20-23(19-24(28)21-29(27)32)12-7-6-10-17-30-25-13-8-5-9-14-25/h5,8-9,13-16,19,22,24,26-32H,3-4,6-7,10-12,17-18,20-21H2,1-2H3/t22-,24-,26+,27+,28-,29+/m0/s1. The number of aliphatic hydroxyl groups excluding tert-OH is 2. The average Bonchev–Trinajstić information content (AvgIpc) is 3.30. The third-order valence-electron chi connectivity index (χ3n) is 7.48. The van der Waals surface area contributed by atoms with E-state index in [0.29, 0.717) is 17.8 Å². The van der Waals surface area contributed by atoms with Gasteiger partial charge < -0.3 is 15.5 Å². The third kappa shape index (κ3) is 7.78. The molecule has 3 heteroatoms. The van der Waals surface area contributed by atoms with Gasteiger partial charge in [0.15, 0.2) is 0 Å². The fourth-order valence-corrected chi connectivity index (χ4v) is 5.65. The van der Waals surface area contributed by atoms with E-state index < -0.39 is 0 Å². The first kappa shape index (κ1) is 25.1. The summed E-state index contributed by atoms with van der Waals surface area (Å²) in [7, 11) is 0. The van der Waals surface area contributed by atoms with Gasteiger partial charge >= 0.3 is 0 Å². The maximum atomic E-state index is 10.6. The predicted molar refractivity (Wildman–Crippen MR) is 136 cm³/mol. The Kier molecular flexibility index (Phi) is 10.3. The Bertz CT molecular complexity index is 713. The number of allylic oxidation sites excluding steroid dienone is 2. The van der Waals surface area contributed by atoms with E-state index in [1.807, 2.05) is 12.1 Å². The van der Waals surface area contributed by atoms with Crippen LogP contribution >= 0.6 is 0 Å². The van der Waals surface area contributed by atoms with Crippen molar-refractivity contribution in [2.24, 2.45) is 23.7 Å². The minimum Gasteiger partial charge on any atom is -0.392 e. The van der Waals surface area contributed by atoms with Crippen LogP contribution in [0.15, 0.2) is 54.1 Å². The molecule has 0 radical (unpaired) electrons. The molecular formula is C29H45NO2. The van der Waals surface area contributed by atoms with Gasteiger partial charge in [0.25, 0.3) is 0 Å². The highest BCUT2D eigenvalue weighted by Crippen LogP contribution is 2.48. The number of hydrogen-bond acceptors (Lipinski definition) is 3. The number of fused-ring (bicyclic) bond motifs is 1. The molecule has 2 aliphatic rings. The molecule has 0 unspecified atom stereocenters. The van der Waals surface area contributed by atoms with Crippen LogP contribution in [0.1, 0.15) is 78.1 Å². The second kappa shape index (κ2) is 13.2. The summed E-state index contributed by atoms with van der Waals surface area (Å²) in [5, 5.41) is 24.5. The number of hydrogen-bond donors (Lipinski definition) is 3. The van der Waals surface area contributed by atoms with E-state index in [0.717, 1.165) is 25.8 Å². The van der Waals surface area contributed by atoms with Gasteiger partial charge in [-0.05, 0) is 68.4 Å². The van der Waals surface area contributed by atoms with Gasteiger partial charge in [0.1, 0.15) is 0 Å². The fourth-order valence-electron chi connectivity index (χ4n) is 5.65. The molecule has 1 fully saturated rings. The zero-order valence-electron chi connectivity index (χ0n) is 20.3. The van der Waals surface area contributed by atoms with Gasteiger partial charge in [-0.3, -0.25) is 0 Å². The smallest absolute Gasteiger partial charge is 0.0723 e. The van der Waals surface area contributed by atoms with Crippen molar-refractivity contribution >= 4 is 5.69 Å². The van der Waals surface area contributed by atoms with E-state index in [2.05, 4.69) is 55.6 Å². The monoisotopic (exact) mass is 439 g/mol. The molecule has 32 heavy (non-hydrogen) atoms. The minimum absolute atomic E-state index is 0.199. The van der Waals surface area contributed by atoms with Crippen molar-refractivity contribution in [3.8, 4) is 0 Å². The largest absolute Gasteiger partial charge is 0.392 e. The Morgan fingerprint density at radius 2 is 1.94 bits per heavy atom. The van der Waals surface area contributed by atoms with Crippen LogP contribution in [0.4, 0.5) is 5.69 Å². The van der Waals surface area contributed by atoms with Crippen molar-refractivity contribution in [1.29, 1.82) is 0 Å². The van der Waals surface area contributed by atoms with Gasteiger partial charge in [0.05, 0.1) is 12.2 Å². The maximum absolute atomic E-state index is 10.6. The van der Waals surface area contributed by atoms with Crippen LogP contribution in [0, 0.1) is 23.7 Å². The first-order valence-corrected chi connectivity index (χ1v) is 13.1. The molecule has 0 bridgehead atoms. The molecule has 6 atom stereocenters. The highest BCUT2D eigenvalue weighted by atomic mass is 16.3. The van der Waals surface area contributed by atoms with E-state index in [1.165, 1.54) is 50.6 Å². The molecule has 1 saturated carbocycles. The van der Waals surface area contributed by atoms with E-state index in [-0.39, 0.29) is 18.1 Å². The Morgan fingerprint density at radius 1 is 1.12 bits per heavy atom. The lowest BCUT2D eigenvalue weighted by molar-refractivity contribution is 0.139. The van der Waals surface area contributed by atoms with Crippen LogP contribution < -0.4 is 5.32 Å². The lowest BCUT2D eigenvalue weighted by Gasteiger charge is -2.19. The Hall–Kier alpha value is -1.58. The zero-order valence-corrected chi connectivity index (χ0v) is 20.3. The summed E-state index contributed by atoms with van der Waals surface area (Å²) in [5.41, 5.74) is 2.80. The van der Waals surface area contributed by atoms with Crippen LogP contribution in [-0.2, 0) is 0 Å². The van der Waals surface area contributed by atoms with Crippen molar-refractivity contribution in [3.05, 3.63) is 54.1 Å². The van der Waals surface area contributed by atoms with Crippen molar-refractivity contribution in [1.82, 2.24) is 0 Å². The van der Waals surface area contributed by atoms with Crippen LogP contribution in [-0.4, -0.2) is 29.0 Å². The number of anilines is 1. The molecule has 178 valence electrons. The van der Waals surface area contributed by atoms with Crippen LogP contribution in [0.25, 0.3) is 0 Å². The number of benzene rings is 1. The summed E-state index contributed by atoms with van der Waals surface area (Å²) in [5.74, 6) is 1.80. The molecule has 1 aromatic carbocycles. The molecule has 0 amide bonds. The molecule has 0 saturated heterocycles.